The van der Waals surface area contributed by atoms with Crippen molar-refractivity contribution in [2.45, 2.75) is 109 Å². The Kier molecular flexibility index (Phi) is 16.0. The lowest BCUT2D eigenvalue weighted by Crippen LogP contribution is -2.27. The van der Waals surface area contributed by atoms with Gasteiger partial charge >= 0.3 is 0 Å². The standard InChI is InChI=1S/C27H32N4O2S.C27H30N4O2S/c2*1-5-8-21(18-34(33)27(2,3)4)24-11-7-10-23(30-24)19-13-14-20-16-28-31(25(20)15-19)26-12-6-9-22(17-32)29-26/h6-7,9-16,21,32H,5,8,17-18H2,1-4H3;6-7,9-17,21H,5,8,18H2,1-4H3/t2*21-,34-/m11/s1. The zero-order valence-electron chi connectivity index (χ0n) is 40.3. The van der Waals surface area contributed by atoms with Crippen LogP contribution in [0.3, 0.4) is 0 Å². The number of nitrogens with zero attached hydrogens (tertiary/aromatic N) is 8. The van der Waals surface area contributed by atoms with Crippen LogP contribution in [0, 0.1) is 0 Å². The second-order valence-corrected chi connectivity index (χ2v) is 23.5. The Hall–Kier alpha value is -6.09. The van der Waals surface area contributed by atoms with Gasteiger partial charge in [0.05, 0.1) is 47.1 Å². The molecule has 354 valence electrons. The molecule has 2 aromatic carbocycles. The minimum atomic E-state index is -0.944. The highest BCUT2D eigenvalue weighted by Crippen LogP contribution is 2.31. The van der Waals surface area contributed by atoms with E-state index in [4.69, 9.17) is 9.97 Å². The maximum absolute atomic E-state index is 12.9. The first-order valence-corrected chi connectivity index (χ1v) is 25.9. The van der Waals surface area contributed by atoms with Crippen LogP contribution >= 0.6 is 0 Å². The van der Waals surface area contributed by atoms with Crippen LogP contribution in [-0.2, 0) is 28.2 Å². The van der Waals surface area contributed by atoms with E-state index in [1.165, 1.54) is 0 Å². The van der Waals surface area contributed by atoms with E-state index in [2.05, 4.69) is 52.2 Å². The molecular formula is C54H62N8O4S2. The number of rotatable bonds is 16. The summed E-state index contributed by atoms with van der Waals surface area (Å²) in [6.45, 7) is 16.3. The van der Waals surface area contributed by atoms with Gasteiger partial charge in [-0.05, 0) is 115 Å². The molecule has 0 aliphatic carbocycles. The van der Waals surface area contributed by atoms with Crippen molar-refractivity contribution in [2.24, 2.45) is 0 Å². The normalized spacial score (nSPS) is 13.7. The summed E-state index contributed by atoms with van der Waals surface area (Å²) in [6, 6.07) is 35.3. The first-order chi connectivity index (χ1) is 32.6. The van der Waals surface area contributed by atoms with E-state index in [-0.39, 0.29) is 27.9 Å². The molecule has 68 heavy (non-hydrogen) atoms. The molecule has 14 heteroatoms. The first kappa shape index (κ1) is 49.8. The molecule has 6 heterocycles. The molecular weight excluding hydrogens is 889 g/mol. The number of fused-ring (bicyclic) bond motifs is 2. The summed E-state index contributed by atoms with van der Waals surface area (Å²) in [6.07, 6.45) is 8.26. The number of hydrogen-bond donors (Lipinski definition) is 1. The van der Waals surface area contributed by atoms with E-state index in [1.54, 1.807) is 33.8 Å². The average molecular weight is 951 g/mol. The van der Waals surface area contributed by atoms with Crippen molar-refractivity contribution < 1.29 is 18.3 Å². The van der Waals surface area contributed by atoms with Crippen LogP contribution in [0.5, 0.6) is 0 Å². The number of carbonyl (C=O) groups is 1. The number of aldehydes is 1. The molecule has 1 N–H and O–H groups in total. The number of aliphatic hydroxyl groups is 1. The van der Waals surface area contributed by atoms with Gasteiger partial charge in [-0.1, -0.05) is 75.2 Å². The molecule has 0 spiro atoms. The van der Waals surface area contributed by atoms with Gasteiger partial charge in [-0.2, -0.15) is 10.2 Å². The predicted octanol–water partition coefficient (Wildman–Crippen LogP) is 11.1. The second kappa shape index (κ2) is 21.9. The molecule has 0 aliphatic rings. The fourth-order valence-corrected chi connectivity index (χ4v) is 10.3. The Morgan fingerprint density at radius 1 is 0.588 bits per heavy atom. The lowest BCUT2D eigenvalue weighted by Gasteiger charge is -2.23. The SMILES string of the molecule is CCC[C@H](C[S@@](=O)C(C)(C)C)c1cccc(-c2ccc3cnn(-c4cccc(C=O)n4)c3c2)n1.CCC[C@H](C[S@@](=O)C(C)(C)C)c1cccc(-c2ccc3cnn(-c4cccc(CO)n4)c3c2)n1. The predicted molar refractivity (Wildman–Crippen MR) is 276 cm³/mol. The molecule has 4 atom stereocenters. The minimum absolute atomic E-state index is 0.117. The molecule has 0 saturated heterocycles. The highest BCUT2D eigenvalue weighted by Gasteiger charge is 2.26. The number of pyridine rings is 4. The van der Waals surface area contributed by atoms with Gasteiger partial charge in [0.2, 0.25) is 0 Å². The van der Waals surface area contributed by atoms with E-state index >= 15 is 0 Å². The highest BCUT2D eigenvalue weighted by atomic mass is 32.2. The van der Waals surface area contributed by atoms with Crippen LogP contribution in [-0.4, -0.2) is 80.3 Å². The van der Waals surface area contributed by atoms with Gasteiger partial charge in [0.15, 0.2) is 17.9 Å². The summed E-state index contributed by atoms with van der Waals surface area (Å²) >= 11 is 0. The van der Waals surface area contributed by atoms with Crippen LogP contribution in [0.1, 0.15) is 120 Å². The molecule has 0 amide bonds. The van der Waals surface area contributed by atoms with Gasteiger partial charge in [-0.3, -0.25) is 23.2 Å². The quantitative estimate of drug-likeness (QED) is 0.0924. The van der Waals surface area contributed by atoms with E-state index in [0.717, 1.165) is 87.7 Å². The van der Waals surface area contributed by atoms with Crippen molar-refractivity contribution in [2.75, 3.05) is 11.5 Å². The van der Waals surface area contributed by atoms with Crippen molar-refractivity contribution in [1.82, 2.24) is 39.5 Å². The lowest BCUT2D eigenvalue weighted by molar-refractivity contribution is 0.111. The Balaban J connectivity index is 0.000000201. The molecule has 0 fully saturated rings. The van der Waals surface area contributed by atoms with Crippen molar-refractivity contribution in [3.63, 3.8) is 0 Å². The van der Waals surface area contributed by atoms with Crippen LogP contribution in [0.15, 0.2) is 122 Å². The molecule has 6 aromatic heterocycles. The third kappa shape index (κ3) is 11.9. The Morgan fingerprint density at radius 2 is 1.04 bits per heavy atom. The monoisotopic (exact) mass is 950 g/mol. The lowest BCUT2D eigenvalue weighted by atomic mass is 10.00. The summed E-state index contributed by atoms with van der Waals surface area (Å²) in [5, 5.41) is 20.4. The first-order valence-electron chi connectivity index (χ1n) is 23.3. The largest absolute Gasteiger partial charge is 0.390 e. The summed E-state index contributed by atoms with van der Waals surface area (Å²) < 4.78 is 28.8. The summed E-state index contributed by atoms with van der Waals surface area (Å²) in [5.74, 6) is 2.78. The molecule has 0 unspecified atom stereocenters. The van der Waals surface area contributed by atoms with Crippen molar-refractivity contribution >= 4 is 49.7 Å². The number of hydrogen-bond acceptors (Lipinski definition) is 10. The Morgan fingerprint density at radius 3 is 1.49 bits per heavy atom. The van der Waals surface area contributed by atoms with E-state index in [0.29, 0.717) is 34.5 Å². The molecule has 0 bridgehead atoms. The van der Waals surface area contributed by atoms with Crippen LogP contribution in [0.25, 0.3) is 56.0 Å². The smallest absolute Gasteiger partial charge is 0.168 e. The maximum Gasteiger partial charge on any atom is 0.168 e. The van der Waals surface area contributed by atoms with E-state index in [9.17, 15) is 18.3 Å². The molecule has 8 rings (SSSR count). The Bertz CT molecular complexity index is 3060. The van der Waals surface area contributed by atoms with Crippen LogP contribution in [0.2, 0.25) is 0 Å². The van der Waals surface area contributed by atoms with Gasteiger partial charge in [0, 0.05) is 87.7 Å². The van der Waals surface area contributed by atoms with E-state index < -0.39 is 21.6 Å². The summed E-state index contributed by atoms with van der Waals surface area (Å²) in [4.78, 5) is 30.0. The van der Waals surface area contributed by atoms with Gasteiger partial charge in [-0.25, -0.2) is 19.3 Å². The summed E-state index contributed by atoms with van der Waals surface area (Å²) in [7, 11) is -1.88. The fourth-order valence-electron chi connectivity index (χ4n) is 7.89. The molecule has 0 radical (unpaired) electrons. The van der Waals surface area contributed by atoms with Crippen molar-refractivity contribution in [3.8, 4) is 34.2 Å². The topological polar surface area (TPSA) is 159 Å². The van der Waals surface area contributed by atoms with Gasteiger partial charge < -0.3 is 5.11 Å². The number of benzene rings is 2. The zero-order chi connectivity index (χ0) is 48.6. The molecule has 0 saturated carbocycles. The molecule has 0 aliphatic heterocycles. The van der Waals surface area contributed by atoms with Crippen molar-refractivity contribution in [3.05, 3.63) is 144 Å². The van der Waals surface area contributed by atoms with E-state index in [1.807, 2.05) is 121 Å². The van der Waals surface area contributed by atoms with Gasteiger partial charge in [0.25, 0.3) is 0 Å². The number of carbonyl (C=O) groups excluding carboxylic acids is 1. The third-order valence-corrected chi connectivity index (χ3v) is 15.9. The Labute approximate surface area is 404 Å². The second-order valence-electron chi connectivity index (χ2n) is 19.0. The van der Waals surface area contributed by atoms with Crippen LogP contribution in [0.4, 0.5) is 0 Å². The number of aliphatic hydroxyl groups excluding tert-OH is 1. The van der Waals surface area contributed by atoms with Gasteiger partial charge in [0.1, 0.15) is 5.69 Å². The highest BCUT2D eigenvalue weighted by molar-refractivity contribution is 7.86. The maximum atomic E-state index is 12.9. The zero-order valence-corrected chi connectivity index (χ0v) is 41.9. The third-order valence-electron chi connectivity index (χ3n) is 11.7. The van der Waals surface area contributed by atoms with Crippen molar-refractivity contribution in [1.29, 1.82) is 0 Å². The molecule has 12 nitrogen and oxygen atoms in total. The fraction of sp³-hybridized carbons (Fsp3) is 0.352. The van der Waals surface area contributed by atoms with Crippen LogP contribution < -0.4 is 0 Å². The number of aromatic nitrogens is 8. The van der Waals surface area contributed by atoms with Gasteiger partial charge in [-0.15, -0.1) is 0 Å². The average Bonchev–Trinajstić information content (AvgIpc) is 3.98. The minimum Gasteiger partial charge on any atom is -0.390 e. The summed E-state index contributed by atoms with van der Waals surface area (Å²) in [5.41, 5.74) is 8.44. The molecule has 8 aromatic rings.